The summed E-state index contributed by atoms with van der Waals surface area (Å²) in [6, 6.07) is 66.3. The van der Waals surface area contributed by atoms with Gasteiger partial charge >= 0.3 is 0 Å². The van der Waals surface area contributed by atoms with E-state index < -0.39 is 0 Å². The Bertz CT molecular complexity index is 3210. The third kappa shape index (κ3) is 5.54. The maximum absolute atomic E-state index is 6.17. The Labute approximate surface area is 325 Å². The lowest BCUT2D eigenvalue weighted by Crippen LogP contribution is -2.04. The Hall–Kier alpha value is -7.30. The Balaban J connectivity index is 0.00000189. The third-order valence-electron chi connectivity index (χ3n) is 10.6. The van der Waals surface area contributed by atoms with Crippen LogP contribution in [0.1, 0.15) is 13.8 Å². The van der Waals surface area contributed by atoms with E-state index in [0.717, 1.165) is 93.7 Å². The van der Waals surface area contributed by atoms with Crippen molar-refractivity contribution in [3.05, 3.63) is 188 Å². The molecule has 4 nitrogen and oxygen atoms in total. The number of nitrogens with zero attached hydrogens (tertiary/aromatic N) is 3. The molecule has 11 aromatic rings. The molecule has 0 saturated carbocycles. The van der Waals surface area contributed by atoms with Gasteiger partial charge in [0.15, 0.2) is 0 Å². The minimum atomic E-state index is 0.640. The van der Waals surface area contributed by atoms with Crippen molar-refractivity contribution in [3.8, 4) is 50.6 Å². The van der Waals surface area contributed by atoms with Gasteiger partial charge in [-0.2, -0.15) is 0 Å². The lowest BCUT2D eigenvalue weighted by atomic mass is 9.93. The number of benzene rings is 8. The van der Waals surface area contributed by atoms with Gasteiger partial charge in [-0.25, -0.2) is 9.97 Å². The summed E-state index contributed by atoms with van der Waals surface area (Å²) in [7, 11) is 0. The quantitative estimate of drug-likeness (QED) is 0.178. The monoisotopic (exact) mass is 719 g/mol. The van der Waals surface area contributed by atoms with Crippen LogP contribution in [0.3, 0.4) is 0 Å². The zero-order chi connectivity index (χ0) is 37.6. The lowest BCUT2D eigenvalue weighted by molar-refractivity contribution is 0.669. The normalized spacial score (nSPS) is 11.4. The standard InChI is InChI=1S/C50H31N3O.C2H6/c1-3-14-32(15-4-1)37-30-41(36-19-13-18-34(28-36)35-26-27-47-42(29-35)39-21-9-12-25-46(39)54-47)49-43(31-37)38-20-8-11-24-45(38)53(49)50-51-44-23-10-7-22-40(44)48(52-50)33-16-5-2-6-17-33;1-2/h1-31H;1-2H3. The van der Waals surface area contributed by atoms with Crippen LogP contribution in [0.4, 0.5) is 0 Å². The first-order valence-electron chi connectivity index (χ1n) is 19.2. The molecule has 0 aliphatic heterocycles. The molecule has 11 rings (SSSR count). The average molecular weight is 720 g/mol. The lowest BCUT2D eigenvalue weighted by Gasteiger charge is -2.15. The van der Waals surface area contributed by atoms with Crippen LogP contribution in [0.5, 0.6) is 0 Å². The summed E-state index contributed by atoms with van der Waals surface area (Å²) in [6.45, 7) is 4.00. The summed E-state index contributed by atoms with van der Waals surface area (Å²) in [5.41, 5.74) is 13.6. The Morgan fingerprint density at radius 3 is 1.82 bits per heavy atom. The van der Waals surface area contributed by atoms with E-state index in [2.05, 4.69) is 168 Å². The van der Waals surface area contributed by atoms with Crippen LogP contribution < -0.4 is 0 Å². The highest BCUT2D eigenvalue weighted by atomic mass is 16.3. The van der Waals surface area contributed by atoms with E-state index in [4.69, 9.17) is 14.4 Å². The largest absolute Gasteiger partial charge is 0.456 e. The molecule has 0 spiro atoms. The summed E-state index contributed by atoms with van der Waals surface area (Å²) < 4.78 is 8.44. The van der Waals surface area contributed by atoms with Crippen molar-refractivity contribution >= 4 is 54.6 Å². The Morgan fingerprint density at radius 2 is 1.00 bits per heavy atom. The average Bonchev–Trinajstić information content (AvgIpc) is 3.82. The molecule has 0 bridgehead atoms. The molecule has 0 unspecified atom stereocenters. The van der Waals surface area contributed by atoms with Crippen molar-refractivity contribution in [3.63, 3.8) is 0 Å². The van der Waals surface area contributed by atoms with Gasteiger partial charge in [-0.1, -0.05) is 153 Å². The third-order valence-corrected chi connectivity index (χ3v) is 10.6. The highest BCUT2D eigenvalue weighted by Gasteiger charge is 2.22. The number of rotatable bonds is 5. The fourth-order valence-electron chi connectivity index (χ4n) is 8.07. The molecule has 3 aromatic heterocycles. The molecule has 0 aliphatic rings. The van der Waals surface area contributed by atoms with E-state index in [1.807, 2.05) is 38.1 Å². The minimum absolute atomic E-state index is 0.640. The molecule has 0 N–H and O–H groups in total. The smallest absolute Gasteiger partial charge is 0.235 e. The molecule has 0 radical (unpaired) electrons. The van der Waals surface area contributed by atoms with Crippen molar-refractivity contribution in [1.82, 2.24) is 14.5 Å². The summed E-state index contributed by atoms with van der Waals surface area (Å²) >= 11 is 0. The van der Waals surface area contributed by atoms with Gasteiger partial charge in [-0.3, -0.25) is 4.57 Å². The van der Waals surface area contributed by atoms with Gasteiger partial charge in [0.05, 0.1) is 22.2 Å². The maximum atomic E-state index is 6.17. The number of para-hydroxylation sites is 3. The fourth-order valence-corrected chi connectivity index (χ4v) is 8.07. The Morgan fingerprint density at radius 1 is 0.393 bits per heavy atom. The highest BCUT2D eigenvalue weighted by molar-refractivity contribution is 6.15. The van der Waals surface area contributed by atoms with Crippen molar-refractivity contribution in [2.45, 2.75) is 13.8 Å². The van der Waals surface area contributed by atoms with Crippen LogP contribution in [-0.2, 0) is 0 Å². The van der Waals surface area contributed by atoms with Crippen LogP contribution >= 0.6 is 0 Å². The van der Waals surface area contributed by atoms with Gasteiger partial charge in [-0.05, 0) is 76.3 Å². The zero-order valence-corrected chi connectivity index (χ0v) is 31.1. The second kappa shape index (κ2) is 13.8. The molecule has 0 saturated heterocycles. The number of fused-ring (bicyclic) bond motifs is 7. The predicted molar refractivity (Wildman–Crippen MR) is 234 cm³/mol. The SMILES string of the molecule is CC.c1ccc(-c2cc(-c3cccc(-c4ccc5oc6ccccc6c5c4)c3)c3c(c2)c2ccccc2n3-c2nc(-c3ccccc3)c3ccccc3n2)cc1. The van der Waals surface area contributed by atoms with Crippen molar-refractivity contribution in [1.29, 1.82) is 0 Å². The molecule has 8 aromatic carbocycles. The first kappa shape index (κ1) is 33.3. The molecule has 56 heavy (non-hydrogen) atoms. The fraction of sp³-hybridized carbons (Fsp3) is 0.0385. The van der Waals surface area contributed by atoms with E-state index in [9.17, 15) is 0 Å². The minimum Gasteiger partial charge on any atom is -0.456 e. The molecule has 266 valence electrons. The van der Waals surface area contributed by atoms with Gasteiger partial charge in [0.2, 0.25) is 5.95 Å². The summed E-state index contributed by atoms with van der Waals surface area (Å²) in [5, 5.41) is 5.56. The molecular weight excluding hydrogens is 683 g/mol. The van der Waals surface area contributed by atoms with E-state index >= 15 is 0 Å². The Kier molecular flexibility index (Phi) is 8.23. The maximum Gasteiger partial charge on any atom is 0.235 e. The van der Waals surface area contributed by atoms with Crippen LogP contribution in [0.15, 0.2) is 192 Å². The van der Waals surface area contributed by atoms with Gasteiger partial charge < -0.3 is 4.42 Å². The zero-order valence-electron chi connectivity index (χ0n) is 31.1. The van der Waals surface area contributed by atoms with Crippen LogP contribution in [0.25, 0.3) is 105 Å². The van der Waals surface area contributed by atoms with Gasteiger partial charge in [0.25, 0.3) is 0 Å². The van der Waals surface area contributed by atoms with E-state index in [1.165, 1.54) is 5.56 Å². The van der Waals surface area contributed by atoms with Gasteiger partial charge in [-0.15, -0.1) is 0 Å². The highest BCUT2D eigenvalue weighted by Crippen LogP contribution is 2.42. The van der Waals surface area contributed by atoms with Crippen molar-refractivity contribution < 1.29 is 4.42 Å². The van der Waals surface area contributed by atoms with Crippen LogP contribution in [0.2, 0.25) is 0 Å². The molecule has 4 heteroatoms. The van der Waals surface area contributed by atoms with E-state index in [-0.39, 0.29) is 0 Å². The first-order valence-corrected chi connectivity index (χ1v) is 19.2. The molecule has 0 aliphatic carbocycles. The van der Waals surface area contributed by atoms with Crippen LogP contribution in [0, 0.1) is 0 Å². The van der Waals surface area contributed by atoms with Gasteiger partial charge in [0.1, 0.15) is 11.2 Å². The summed E-state index contributed by atoms with van der Waals surface area (Å²) in [4.78, 5) is 10.7. The molecule has 0 atom stereocenters. The molecule has 3 heterocycles. The number of hydrogen-bond acceptors (Lipinski definition) is 3. The van der Waals surface area contributed by atoms with Crippen molar-refractivity contribution in [2.75, 3.05) is 0 Å². The van der Waals surface area contributed by atoms with E-state index in [0.29, 0.717) is 5.95 Å². The molecule has 0 amide bonds. The number of furan rings is 1. The second-order valence-corrected chi connectivity index (χ2v) is 13.8. The van der Waals surface area contributed by atoms with Gasteiger partial charge in [0, 0.05) is 38.1 Å². The summed E-state index contributed by atoms with van der Waals surface area (Å²) in [5.74, 6) is 0.640. The number of aromatic nitrogens is 3. The molecular formula is C52H37N3O. The predicted octanol–water partition coefficient (Wildman–Crippen LogP) is 14.3. The second-order valence-electron chi connectivity index (χ2n) is 13.8. The summed E-state index contributed by atoms with van der Waals surface area (Å²) in [6.07, 6.45) is 0. The molecule has 0 fully saturated rings. The number of hydrogen-bond donors (Lipinski definition) is 0. The van der Waals surface area contributed by atoms with Crippen molar-refractivity contribution in [2.24, 2.45) is 0 Å². The van der Waals surface area contributed by atoms with E-state index in [1.54, 1.807) is 0 Å². The topological polar surface area (TPSA) is 43.9 Å². The van der Waals surface area contributed by atoms with Crippen LogP contribution in [-0.4, -0.2) is 14.5 Å². The first-order chi connectivity index (χ1) is 27.8.